The zero-order valence-corrected chi connectivity index (χ0v) is 11.7. The van der Waals surface area contributed by atoms with E-state index in [1.54, 1.807) is 6.07 Å². The molecule has 0 saturated heterocycles. The van der Waals surface area contributed by atoms with E-state index < -0.39 is 11.7 Å². The van der Waals surface area contributed by atoms with E-state index in [9.17, 15) is 18.4 Å². The van der Waals surface area contributed by atoms with Gasteiger partial charge < -0.3 is 4.98 Å². The second kappa shape index (κ2) is 5.61. The van der Waals surface area contributed by atoms with Gasteiger partial charge in [-0.1, -0.05) is 24.3 Å². The third-order valence-electron chi connectivity index (χ3n) is 3.29. The van der Waals surface area contributed by atoms with Gasteiger partial charge in [0.2, 0.25) is 0 Å². The molecule has 23 heavy (non-hydrogen) atoms. The van der Waals surface area contributed by atoms with Gasteiger partial charge in [0.05, 0.1) is 22.2 Å². The Bertz CT molecular complexity index is 897. The minimum Gasteiger partial charge on any atom is -0.337 e. The van der Waals surface area contributed by atoms with Crippen LogP contribution in [0.5, 0.6) is 0 Å². The fourth-order valence-corrected chi connectivity index (χ4v) is 2.21. The van der Waals surface area contributed by atoms with Gasteiger partial charge >= 0.3 is 6.18 Å². The first-order chi connectivity index (χ1) is 11.0. The van der Waals surface area contributed by atoms with Crippen LogP contribution in [0.25, 0.3) is 22.7 Å². The molecule has 0 spiro atoms. The van der Waals surface area contributed by atoms with E-state index >= 15 is 0 Å². The first-order valence-corrected chi connectivity index (χ1v) is 6.71. The third kappa shape index (κ3) is 3.09. The van der Waals surface area contributed by atoms with Crippen LogP contribution in [0.15, 0.2) is 48.5 Å². The van der Waals surface area contributed by atoms with Gasteiger partial charge in [-0.2, -0.15) is 18.4 Å². The second-order valence-corrected chi connectivity index (χ2v) is 4.90. The van der Waals surface area contributed by atoms with E-state index in [1.165, 1.54) is 18.2 Å². The molecule has 2 aromatic carbocycles. The lowest BCUT2D eigenvalue weighted by molar-refractivity contribution is -0.137. The lowest BCUT2D eigenvalue weighted by atomic mass is 10.1. The molecule has 1 aromatic heterocycles. The largest absolute Gasteiger partial charge is 0.416 e. The van der Waals surface area contributed by atoms with Crippen LogP contribution < -0.4 is 0 Å². The average Bonchev–Trinajstić information content (AvgIpc) is 2.96. The molecule has 6 heteroatoms. The van der Waals surface area contributed by atoms with Gasteiger partial charge in [0.25, 0.3) is 0 Å². The fraction of sp³-hybridized carbons (Fsp3) is 0.0588. The molecule has 0 aliphatic rings. The van der Waals surface area contributed by atoms with E-state index in [2.05, 4.69) is 9.97 Å². The van der Waals surface area contributed by atoms with Gasteiger partial charge in [-0.15, -0.1) is 0 Å². The van der Waals surface area contributed by atoms with E-state index in [4.69, 9.17) is 0 Å². The van der Waals surface area contributed by atoms with Crippen LogP contribution in [0.1, 0.15) is 17.0 Å². The van der Waals surface area contributed by atoms with Gasteiger partial charge in [-0.05, 0) is 35.9 Å². The first-order valence-electron chi connectivity index (χ1n) is 6.71. The van der Waals surface area contributed by atoms with Gasteiger partial charge in [0, 0.05) is 0 Å². The van der Waals surface area contributed by atoms with Crippen molar-refractivity contribution in [1.29, 1.82) is 5.26 Å². The molecular formula is C17H10F3N3. The molecule has 0 saturated carbocycles. The summed E-state index contributed by atoms with van der Waals surface area (Å²) >= 11 is 0. The molecule has 0 aliphatic heterocycles. The number of allylic oxidation sites excluding steroid dienone is 1. The molecule has 1 N–H and O–H groups in total. The van der Waals surface area contributed by atoms with Gasteiger partial charge in [0.1, 0.15) is 11.9 Å². The Morgan fingerprint density at radius 3 is 2.61 bits per heavy atom. The quantitative estimate of drug-likeness (QED) is 0.700. The normalized spacial score (nSPS) is 12.3. The van der Waals surface area contributed by atoms with E-state index in [1.807, 2.05) is 24.3 Å². The van der Waals surface area contributed by atoms with Crippen molar-refractivity contribution in [2.45, 2.75) is 6.18 Å². The van der Waals surface area contributed by atoms with E-state index in [0.29, 0.717) is 11.3 Å². The molecule has 0 aliphatic carbocycles. The number of hydrogen-bond acceptors (Lipinski definition) is 2. The molecule has 0 bridgehead atoms. The topological polar surface area (TPSA) is 52.5 Å². The Balaban J connectivity index is 2.04. The van der Waals surface area contributed by atoms with Crippen LogP contribution in [0.3, 0.4) is 0 Å². The minimum atomic E-state index is -4.42. The Kier molecular flexibility index (Phi) is 3.62. The van der Waals surface area contributed by atoms with Crippen LogP contribution in [-0.4, -0.2) is 9.97 Å². The Morgan fingerprint density at radius 2 is 1.91 bits per heavy atom. The Hall–Kier alpha value is -3.07. The summed E-state index contributed by atoms with van der Waals surface area (Å²) in [6.45, 7) is 0. The molecule has 3 nitrogen and oxygen atoms in total. The molecule has 3 rings (SSSR count). The molecule has 3 aromatic rings. The second-order valence-electron chi connectivity index (χ2n) is 4.90. The summed E-state index contributed by atoms with van der Waals surface area (Å²) in [5, 5.41) is 9.29. The summed E-state index contributed by atoms with van der Waals surface area (Å²) in [5.41, 5.74) is 1.14. The number of nitrogens with zero attached hydrogens (tertiary/aromatic N) is 2. The van der Waals surface area contributed by atoms with Crippen LogP contribution in [0.2, 0.25) is 0 Å². The number of halogens is 3. The van der Waals surface area contributed by atoms with Crippen LogP contribution in [0.4, 0.5) is 13.2 Å². The Morgan fingerprint density at radius 1 is 1.13 bits per heavy atom. The standard InChI is InChI=1S/C17H10F3N3/c18-17(19,20)13-5-3-4-11(9-13)8-12(10-21)16-22-14-6-1-2-7-15(14)23-16/h1-9H,(H,22,23)/b12-8+. The molecule has 0 unspecified atom stereocenters. The average molecular weight is 313 g/mol. The van der Waals surface area contributed by atoms with Gasteiger partial charge in [-0.25, -0.2) is 4.98 Å². The van der Waals surface area contributed by atoms with Crippen LogP contribution >= 0.6 is 0 Å². The van der Waals surface area contributed by atoms with Crippen molar-refractivity contribution in [3.63, 3.8) is 0 Å². The molecule has 0 atom stereocenters. The highest BCUT2D eigenvalue weighted by Gasteiger charge is 2.30. The number of aromatic amines is 1. The summed E-state index contributed by atoms with van der Waals surface area (Å²) in [7, 11) is 0. The van der Waals surface area contributed by atoms with Crippen LogP contribution in [-0.2, 0) is 6.18 Å². The number of nitrogens with one attached hydrogen (secondary N) is 1. The zero-order valence-electron chi connectivity index (χ0n) is 11.7. The molecule has 0 fully saturated rings. The number of nitriles is 1. The lowest BCUT2D eigenvalue weighted by Crippen LogP contribution is -2.04. The zero-order chi connectivity index (χ0) is 16.4. The summed E-state index contributed by atoms with van der Waals surface area (Å²) in [4.78, 5) is 7.27. The molecule has 0 radical (unpaired) electrons. The molecular weight excluding hydrogens is 303 g/mol. The monoisotopic (exact) mass is 313 g/mol. The van der Waals surface area contributed by atoms with Crippen molar-refractivity contribution < 1.29 is 13.2 Å². The highest BCUT2D eigenvalue weighted by Crippen LogP contribution is 2.30. The van der Waals surface area contributed by atoms with Crippen molar-refractivity contribution in [2.24, 2.45) is 0 Å². The van der Waals surface area contributed by atoms with Crippen molar-refractivity contribution in [1.82, 2.24) is 9.97 Å². The Labute approximate surface area is 129 Å². The summed E-state index contributed by atoms with van der Waals surface area (Å²) < 4.78 is 38.2. The number of fused-ring (bicyclic) bond motifs is 1. The number of hydrogen-bond donors (Lipinski definition) is 1. The number of benzene rings is 2. The number of aromatic nitrogens is 2. The predicted molar refractivity (Wildman–Crippen MR) is 81.0 cm³/mol. The molecule has 114 valence electrons. The SMILES string of the molecule is N#C/C(=C\c1cccc(C(F)(F)F)c1)c1nc2ccccc2[nH]1. The van der Waals surface area contributed by atoms with E-state index in [-0.39, 0.29) is 11.1 Å². The minimum absolute atomic E-state index is 0.167. The van der Waals surface area contributed by atoms with E-state index in [0.717, 1.165) is 17.6 Å². The maximum absolute atomic E-state index is 12.7. The molecule has 0 amide bonds. The van der Waals surface area contributed by atoms with Crippen LogP contribution in [0, 0.1) is 11.3 Å². The van der Waals surface area contributed by atoms with Crippen molar-refractivity contribution in [2.75, 3.05) is 0 Å². The summed E-state index contributed by atoms with van der Waals surface area (Å²) in [6.07, 6.45) is -3.04. The maximum Gasteiger partial charge on any atom is 0.416 e. The van der Waals surface area contributed by atoms with Gasteiger partial charge in [0.15, 0.2) is 0 Å². The van der Waals surface area contributed by atoms with Crippen molar-refractivity contribution in [3.8, 4) is 6.07 Å². The molecule has 1 heterocycles. The highest BCUT2D eigenvalue weighted by molar-refractivity contribution is 5.90. The number of H-pyrrole nitrogens is 1. The van der Waals surface area contributed by atoms with Crippen molar-refractivity contribution >= 4 is 22.7 Å². The number of alkyl halides is 3. The number of para-hydroxylation sites is 2. The summed E-state index contributed by atoms with van der Waals surface area (Å²) in [5.74, 6) is 0.325. The fourth-order valence-electron chi connectivity index (χ4n) is 2.21. The number of rotatable bonds is 2. The smallest absolute Gasteiger partial charge is 0.337 e. The van der Waals surface area contributed by atoms with Gasteiger partial charge in [-0.3, -0.25) is 0 Å². The highest BCUT2D eigenvalue weighted by atomic mass is 19.4. The summed E-state index contributed by atoms with van der Waals surface area (Å²) in [6, 6.07) is 14.0. The lowest BCUT2D eigenvalue weighted by Gasteiger charge is -2.06. The first kappa shape index (κ1) is 14.9. The maximum atomic E-state index is 12.7. The predicted octanol–water partition coefficient (Wildman–Crippen LogP) is 4.65. The third-order valence-corrected chi connectivity index (χ3v) is 3.29. The number of imidazole rings is 1. The van der Waals surface area contributed by atoms with Crippen molar-refractivity contribution in [3.05, 3.63) is 65.5 Å².